The second-order valence-corrected chi connectivity index (χ2v) is 6.95. The lowest BCUT2D eigenvalue weighted by atomic mass is 9.79. The van der Waals surface area contributed by atoms with Crippen LogP contribution < -0.4 is 0 Å². The maximum Gasteiger partial charge on any atom is 0.303 e. The van der Waals surface area contributed by atoms with Crippen molar-refractivity contribution in [2.24, 2.45) is 5.41 Å². The molecule has 0 radical (unpaired) electrons. The number of rotatable bonds is 5. The van der Waals surface area contributed by atoms with Crippen molar-refractivity contribution in [3.63, 3.8) is 0 Å². The molecule has 1 N–H and O–H groups in total. The van der Waals surface area contributed by atoms with Crippen LogP contribution in [0.1, 0.15) is 77.6 Å². The van der Waals surface area contributed by atoms with Gasteiger partial charge in [-0.2, -0.15) is 0 Å². The lowest BCUT2D eigenvalue weighted by Crippen LogP contribution is -2.42. The highest BCUT2D eigenvalue weighted by atomic mass is 16.4. The van der Waals surface area contributed by atoms with Gasteiger partial charge in [0.15, 0.2) is 0 Å². The zero-order valence-electron chi connectivity index (χ0n) is 13.3. The van der Waals surface area contributed by atoms with Crippen molar-refractivity contribution in [3.8, 4) is 0 Å². The molecule has 0 aromatic rings. The number of carbonyl (C=O) groups is 2. The highest BCUT2D eigenvalue weighted by Gasteiger charge is 2.39. The Morgan fingerprint density at radius 1 is 1.10 bits per heavy atom. The Morgan fingerprint density at radius 2 is 1.81 bits per heavy atom. The fourth-order valence-electron chi connectivity index (χ4n) is 4.21. The minimum absolute atomic E-state index is 0.156. The van der Waals surface area contributed by atoms with E-state index in [1.807, 2.05) is 0 Å². The molecule has 2 aliphatic rings. The molecule has 1 aliphatic carbocycles. The molecule has 1 unspecified atom stereocenters. The van der Waals surface area contributed by atoms with Crippen LogP contribution in [0.4, 0.5) is 0 Å². The molecule has 0 aromatic carbocycles. The molecule has 1 atom stereocenters. The second-order valence-electron chi connectivity index (χ2n) is 6.95. The number of aliphatic carboxylic acids is 1. The standard InChI is InChI=1S/C17H29NO3/c1-2-14-8-4-3-7-11-18(14)15(19)12-17(13-16(20)21)9-5-6-10-17/h14H,2-13H2,1H3,(H,20,21). The van der Waals surface area contributed by atoms with Gasteiger partial charge >= 0.3 is 5.97 Å². The van der Waals surface area contributed by atoms with Gasteiger partial charge in [0.2, 0.25) is 5.91 Å². The highest BCUT2D eigenvalue weighted by Crippen LogP contribution is 2.44. The van der Waals surface area contributed by atoms with Crippen LogP contribution in [0.3, 0.4) is 0 Å². The molecule has 1 aliphatic heterocycles. The molecule has 2 fully saturated rings. The Kier molecular flexibility index (Phi) is 5.65. The van der Waals surface area contributed by atoms with E-state index in [0.717, 1.165) is 51.5 Å². The zero-order valence-corrected chi connectivity index (χ0v) is 13.3. The fourth-order valence-corrected chi connectivity index (χ4v) is 4.21. The Bertz CT molecular complexity index is 374. The normalized spacial score (nSPS) is 25.6. The first-order valence-electron chi connectivity index (χ1n) is 8.57. The quantitative estimate of drug-likeness (QED) is 0.843. The number of hydrogen-bond donors (Lipinski definition) is 1. The van der Waals surface area contributed by atoms with Gasteiger partial charge in [-0.15, -0.1) is 0 Å². The molecule has 21 heavy (non-hydrogen) atoms. The fraction of sp³-hybridized carbons (Fsp3) is 0.882. The molecule has 0 spiro atoms. The summed E-state index contributed by atoms with van der Waals surface area (Å²) in [5.41, 5.74) is -0.270. The molecular weight excluding hydrogens is 266 g/mol. The molecule has 120 valence electrons. The van der Waals surface area contributed by atoms with Gasteiger partial charge in [-0.1, -0.05) is 32.6 Å². The molecule has 1 saturated carbocycles. The largest absolute Gasteiger partial charge is 0.481 e. The zero-order chi connectivity index (χ0) is 15.3. The topological polar surface area (TPSA) is 57.6 Å². The number of carboxylic acids is 1. The second kappa shape index (κ2) is 7.28. The van der Waals surface area contributed by atoms with Crippen LogP contribution in [0.5, 0.6) is 0 Å². The van der Waals surface area contributed by atoms with Crippen LogP contribution in [0.15, 0.2) is 0 Å². The Morgan fingerprint density at radius 3 is 2.43 bits per heavy atom. The molecular formula is C17H29NO3. The maximum atomic E-state index is 12.8. The van der Waals surface area contributed by atoms with Crippen molar-refractivity contribution in [1.29, 1.82) is 0 Å². The van der Waals surface area contributed by atoms with E-state index in [9.17, 15) is 14.7 Å². The first-order valence-corrected chi connectivity index (χ1v) is 8.57. The van der Waals surface area contributed by atoms with Crippen molar-refractivity contribution in [2.75, 3.05) is 6.54 Å². The van der Waals surface area contributed by atoms with Crippen LogP contribution in [-0.2, 0) is 9.59 Å². The van der Waals surface area contributed by atoms with Crippen molar-refractivity contribution in [3.05, 3.63) is 0 Å². The van der Waals surface area contributed by atoms with Gasteiger partial charge in [-0.05, 0) is 37.5 Å². The average Bonchev–Trinajstić information content (AvgIpc) is 2.74. The molecule has 0 aromatic heterocycles. The van der Waals surface area contributed by atoms with E-state index in [2.05, 4.69) is 11.8 Å². The summed E-state index contributed by atoms with van der Waals surface area (Å²) in [4.78, 5) is 26.0. The predicted octanol–water partition coefficient (Wildman–Crippen LogP) is 3.59. The summed E-state index contributed by atoms with van der Waals surface area (Å²) in [6.07, 6.45) is 10.2. The number of carboxylic acid groups (broad SMARTS) is 1. The maximum absolute atomic E-state index is 12.8. The lowest BCUT2D eigenvalue weighted by molar-refractivity contribution is -0.142. The molecule has 4 heteroatoms. The molecule has 2 rings (SSSR count). The van der Waals surface area contributed by atoms with Crippen LogP contribution in [-0.4, -0.2) is 34.5 Å². The molecule has 0 bridgehead atoms. The SMILES string of the molecule is CCC1CCCCCN1C(=O)CC1(CC(=O)O)CCCC1. The summed E-state index contributed by atoms with van der Waals surface area (Å²) in [5.74, 6) is -0.556. The first kappa shape index (κ1) is 16.3. The van der Waals surface area contributed by atoms with Gasteiger partial charge in [0.1, 0.15) is 0 Å². The Hall–Kier alpha value is -1.06. The van der Waals surface area contributed by atoms with Crippen molar-refractivity contribution < 1.29 is 14.7 Å². The third-order valence-corrected chi connectivity index (χ3v) is 5.39. The van der Waals surface area contributed by atoms with Crippen LogP contribution in [0.2, 0.25) is 0 Å². The van der Waals surface area contributed by atoms with Gasteiger partial charge < -0.3 is 10.0 Å². The van der Waals surface area contributed by atoms with E-state index in [4.69, 9.17) is 0 Å². The van der Waals surface area contributed by atoms with Gasteiger partial charge in [-0.3, -0.25) is 9.59 Å². The number of nitrogens with zero attached hydrogens (tertiary/aromatic N) is 1. The Balaban J connectivity index is 2.04. The summed E-state index contributed by atoms with van der Waals surface area (Å²) in [6.45, 7) is 3.01. The van der Waals surface area contributed by atoms with E-state index >= 15 is 0 Å². The van der Waals surface area contributed by atoms with E-state index in [0.29, 0.717) is 12.5 Å². The number of hydrogen-bond acceptors (Lipinski definition) is 2. The third kappa shape index (κ3) is 4.21. The summed E-state index contributed by atoms with van der Waals surface area (Å²) in [7, 11) is 0. The van der Waals surface area contributed by atoms with Gasteiger partial charge in [-0.25, -0.2) is 0 Å². The third-order valence-electron chi connectivity index (χ3n) is 5.39. The number of amides is 1. The van der Waals surface area contributed by atoms with Gasteiger partial charge in [0.25, 0.3) is 0 Å². The van der Waals surface area contributed by atoms with Crippen LogP contribution in [0.25, 0.3) is 0 Å². The van der Waals surface area contributed by atoms with E-state index in [1.54, 1.807) is 0 Å². The van der Waals surface area contributed by atoms with Crippen LogP contribution >= 0.6 is 0 Å². The molecule has 1 heterocycles. The van der Waals surface area contributed by atoms with Crippen molar-refractivity contribution in [2.45, 2.75) is 83.6 Å². The predicted molar refractivity (Wildman–Crippen MR) is 82.0 cm³/mol. The minimum atomic E-state index is -0.757. The Labute approximate surface area is 127 Å². The summed E-state index contributed by atoms with van der Waals surface area (Å²) in [5, 5.41) is 9.18. The smallest absolute Gasteiger partial charge is 0.303 e. The van der Waals surface area contributed by atoms with E-state index in [1.165, 1.54) is 12.8 Å². The number of likely N-dealkylation sites (tertiary alicyclic amines) is 1. The molecule has 4 nitrogen and oxygen atoms in total. The van der Waals surface area contributed by atoms with Crippen molar-refractivity contribution >= 4 is 11.9 Å². The van der Waals surface area contributed by atoms with Crippen molar-refractivity contribution in [1.82, 2.24) is 4.90 Å². The number of carbonyl (C=O) groups excluding carboxylic acids is 1. The summed E-state index contributed by atoms with van der Waals surface area (Å²) >= 11 is 0. The minimum Gasteiger partial charge on any atom is -0.481 e. The monoisotopic (exact) mass is 295 g/mol. The molecule has 1 amide bonds. The van der Waals surface area contributed by atoms with Crippen LogP contribution in [0, 0.1) is 5.41 Å². The van der Waals surface area contributed by atoms with Gasteiger partial charge in [0, 0.05) is 19.0 Å². The molecule has 1 saturated heterocycles. The highest BCUT2D eigenvalue weighted by molar-refractivity contribution is 5.78. The van der Waals surface area contributed by atoms with Gasteiger partial charge in [0.05, 0.1) is 6.42 Å². The lowest BCUT2D eigenvalue weighted by Gasteiger charge is -2.34. The van der Waals surface area contributed by atoms with E-state index in [-0.39, 0.29) is 17.7 Å². The average molecular weight is 295 g/mol. The summed E-state index contributed by atoms with van der Waals surface area (Å²) < 4.78 is 0. The van der Waals surface area contributed by atoms with E-state index < -0.39 is 5.97 Å². The first-order chi connectivity index (χ1) is 10.1. The summed E-state index contributed by atoms with van der Waals surface area (Å²) in [6, 6.07) is 0.364.